The molecule has 0 aliphatic rings. The molecule has 0 radical (unpaired) electrons. The maximum atomic E-state index is 11.4. The molecule has 24 nitrogen and oxygen atoms in total. The molecule has 0 aromatic heterocycles. The Morgan fingerprint density at radius 2 is 0.323 bits per heavy atom. The lowest BCUT2D eigenvalue weighted by atomic mass is 10.2. The molecule has 0 rings (SSSR count). The van der Waals surface area contributed by atoms with Crippen LogP contribution in [0.25, 0.3) is 0 Å². The molecule has 0 heterocycles. The lowest BCUT2D eigenvalue weighted by molar-refractivity contribution is -0.163. The molecule has 0 aliphatic carbocycles. The summed E-state index contributed by atoms with van der Waals surface area (Å²) in [4.78, 5) is 152. The van der Waals surface area contributed by atoms with Crippen LogP contribution in [-0.2, 0) is 86.1 Å². The number of ether oxygens (including phenoxy) is 4. The molecule has 0 fully saturated rings. The van der Waals surface area contributed by atoms with Crippen molar-refractivity contribution < 1.29 is 117 Å². The number of carbonyl (C=O) groups is 14. The van der Waals surface area contributed by atoms with Crippen LogP contribution in [0.1, 0.15) is 154 Å². The van der Waals surface area contributed by atoms with E-state index in [-0.39, 0.29) is 103 Å². The van der Waals surface area contributed by atoms with E-state index in [1.165, 1.54) is 0 Å². The van der Waals surface area contributed by atoms with Crippen LogP contribution < -0.4 is 0 Å². The van der Waals surface area contributed by atoms with Crippen molar-refractivity contribution in [1.82, 2.24) is 0 Å². The summed E-state index contributed by atoms with van der Waals surface area (Å²) in [5.74, 6) is -12.3. The minimum atomic E-state index is -1.08. The third-order valence-electron chi connectivity index (χ3n) is 7.07. The summed E-state index contributed by atoms with van der Waals surface area (Å²) in [5.41, 5.74) is 0. The molecule has 62 heavy (non-hydrogen) atoms. The highest BCUT2D eigenvalue weighted by Crippen LogP contribution is 2.08. The predicted molar refractivity (Wildman–Crippen MR) is 201 cm³/mol. The highest BCUT2D eigenvalue weighted by atomic mass is 16.6. The first-order valence-corrected chi connectivity index (χ1v) is 19.3. The molecule has 350 valence electrons. The molecule has 0 amide bonds. The second-order valence-corrected chi connectivity index (χ2v) is 12.8. The highest BCUT2D eigenvalue weighted by molar-refractivity contribution is 5.88. The first-order chi connectivity index (χ1) is 29.0. The number of rotatable bonds is 31. The zero-order valence-corrected chi connectivity index (χ0v) is 34.0. The number of esters is 8. The van der Waals surface area contributed by atoms with Crippen molar-refractivity contribution in [3.8, 4) is 0 Å². The Morgan fingerprint density at radius 1 is 0.194 bits per heavy atom. The van der Waals surface area contributed by atoms with E-state index in [0.717, 1.165) is 0 Å². The van der Waals surface area contributed by atoms with Crippen molar-refractivity contribution >= 4 is 83.6 Å². The Kier molecular flexibility index (Phi) is 37.1. The number of carboxylic acids is 6. The summed E-state index contributed by atoms with van der Waals surface area (Å²) < 4.78 is 18.1. The van der Waals surface area contributed by atoms with Gasteiger partial charge in [0.05, 0.1) is 12.8 Å². The summed E-state index contributed by atoms with van der Waals surface area (Å²) in [6, 6.07) is 0. The monoisotopic (exact) mass is 894 g/mol. The molecule has 0 saturated heterocycles. The van der Waals surface area contributed by atoms with Crippen molar-refractivity contribution in [2.45, 2.75) is 154 Å². The first-order valence-electron chi connectivity index (χ1n) is 19.3. The van der Waals surface area contributed by atoms with Crippen LogP contribution in [0.15, 0.2) is 0 Å². The van der Waals surface area contributed by atoms with Gasteiger partial charge in [-0.1, -0.05) is 0 Å². The third-order valence-corrected chi connectivity index (χ3v) is 7.07. The molecule has 6 N–H and O–H groups in total. The topological polar surface area (TPSA) is 397 Å². The van der Waals surface area contributed by atoms with E-state index in [4.69, 9.17) is 30.6 Å². The van der Waals surface area contributed by atoms with Gasteiger partial charge in [0.2, 0.25) is 0 Å². The normalized spacial score (nSPS) is 9.87. The summed E-state index contributed by atoms with van der Waals surface area (Å²) in [6.45, 7) is 0. The van der Waals surface area contributed by atoms with Crippen molar-refractivity contribution in [1.29, 1.82) is 0 Å². The molecule has 0 aromatic carbocycles. The zero-order valence-electron chi connectivity index (χ0n) is 34.0. The molecule has 0 spiro atoms. The van der Waals surface area contributed by atoms with Crippen LogP contribution in [-0.4, -0.2) is 114 Å². The molecule has 0 saturated carbocycles. The van der Waals surface area contributed by atoms with Crippen LogP contribution in [0.3, 0.4) is 0 Å². The van der Waals surface area contributed by atoms with E-state index in [2.05, 4.69) is 18.9 Å². The van der Waals surface area contributed by atoms with E-state index in [9.17, 15) is 67.1 Å². The van der Waals surface area contributed by atoms with Gasteiger partial charge in [-0.25, -0.2) is 0 Å². The van der Waals surface area contributed by atoms with Crippen molar-refractivity contribution in [2.24, 2.45) is 0 Å². The van der Waals surface area contributed by atoms with Crippen molar-refractivity contribution in [3.05, 3.63) is 0 Å². The van der Waals surface area contributed by atoms with E-state index < -0.39 is 83.6 Å². The van der Waals surface area contributed by atoms with Gasteiger partial charge in [0.25, 0.3) is 0 Å². The fraction of sp³-hybridized carbons (Fsp3) is 0.632. The first kappa shape index (κ1) is 59.7. The molecule has 0 atom stereocenters. The van der Waals surface area contributed by atoms with Crippen molar-refractivity contribution in [2.75, 3.05) is 0 Å². The van der Waals surface area contributed by atoms with Crippen molar-refractivity contribution in [3.63, 3.8) is 0 Å². The number of carboxylic acid groups (broad SMARTS) is 6. The van der Waals surface area contributed by atoms with Crippen LogP contribution in [0.2, 0.25) is 0 Å². The van der Waals surface area contributed by atoms with E-state index >= 15 is 0 Å². The SMILES string of the molecule is O=C(O)CCC(=O)O.O=C(O)CCCCC(=O)OC(=O)CCCC(=O)OC(=O)CCCCC(=O)O.O=C(O)CCCCC(=O)OC(=O)CCCC(=O)OC(=O)CCCCC(=O)O. The number of unbranched alkanes of at least 4 members (excludes halogenated alkanes) is 4. The minimum absolute atomic E-state index is 0.0380. The van der Waals surface area contributed by atoms with Crippen LogP contribution >= 0.6 is 0 Å². The van der Waals surface area contributed by atoms with Gasteiger partial charge in [0, 0.05) is 77.0 Å². The van der Waals surface area contributed by atoms with Gasteiger partial charge in [-0.3, -0.25) is 67.1 Å². The summed E-state index contributed by atoms with van der Waals surface area (Å²) in [7, 11) is 0. The maximum absolute atomic E-state index is 11.4. The van der Waals surface area contributed by atoms with Crippen LogP contribution in [0.5, 0.6) is 0 Å². The molecule has 0 bridgehead atoms. The van der Waals surface area contributed by atoms with Gasteiger partial charge in [0.1, 0.15) is 0 Å². The van der Waals surface area contributed by atoms with Gasteiger partial charge < -0.3 is 49.6 Å². The lowest BCUT2D eigenvalue weighted by Crippen LogP contribution is -2.14. The maximum Gasteiger partial charge on any atom is 0.313 e. The quantitative estimate of drug-likeness (QED) is 0.0252. The minimum Gasteiger partial charge on any atom is -0.481 e. The second-order valence-electron chi connectivity index (χ2n) is 12.8. The Bertz CT molecular complexity index is 1320. The number of carbonyl (C=O) groups excluding carboxylic acids is 8. The van der Waals surface area contributed by atoms with Crippen LogP contribution in [0.4, 0.5) is 0 Å². The fourth-order valence-corrected chi connectivity index (χ4v) is 4.07. The standard InChI is InChI=1S/2C17H24O10.C4H6O4/c2*18-12(19)6-1-3-8-14(22)26-16(24)10-5-11-17(25)27-15(23)9-4-2-7-13(20)21;5-3(6)1-2-4(7)8/h2*1-11H2,(H,18,19)(H,20,21);1-2H2,(H,5,6)(H,7,8). The molecule has 24 heteroatoms. The summed E-state index contributed by atoms with van der Waals surface area (Å²) in [5, 5.41) is 49.6. The Hall–Kier alpha value is -6.62. The average Bonchev–Trinajstić information content (AvgIpc) is 3.14. The van der Waals surface area contributed by atoms with E-state index in [1.54, 1.807) is 0 Å². The smallest absolute Gasteiger partial charge is 0.313 e. The highest BCUT2D eigenvalue weighted by Gasteiger charge is 2.16. The third kappa shape index (κ3) is 49.5. The number of hydrogen-bond acceptors (Lipinski definition) is 18. The largest absolute Gasteiger partial charge is 0.481 e. The summed E-state index contributed by atoms with van der Waals surface area (Å²) in [6.07, 6.45) is 0.467. The second kappa shape index (κ2) is 38.6. The van der Waals surface area contributed by atoms with E-state index in [1.807, 2.05) is 0 Å². The Morgan fingerprint density at radius 3 is 0.468 bits per heavy atom. The fourth-order valence-electron chi connectivity index (χ4n) is 4.07. The van der Waals surface area contributed by atoms with Crippen LogP contribution in [0, 0.1) is 0 Å². The van der Waals surface area contributed by atoms with Gasteiger partial charge in [-0.05, 0) is 64.2 Å². The molecular weight excluding hydrogens is 840 g/mol. The predicted octanol–water partition coefficient (Wildman–Crippen LogP) is 3.11. The molecule has 0 aromatic rings. The van der Waals surface area contributed by atoms with E-state index in [0.29, 0.717) is 51.4 Å². The van der Waals surface area contributed by atoms with Gasteiger partial charge in [0.15, 0.2) is 0 Å². The lowest BCUT2D eigenvalue weighted by Gasteiger charge is -2.04. The van der Waals surface area contributed by atoms with Gasteiger partial charge in [-0.2, -0.15) is 0 Å². The number of aliphatic carboxylic acids is 6. The van der Waals surface area contributed by atoms with Gasteiger partial charge >= 0.3 is 83.6 Å². The molecular formula is C38H54O24. The average molecular weight is 895 g/mol. The van der Waals surface area contributed by atoms with Gasteiger partial charge in [-0.15, -0.1) is 0 Å². The zero-order chi connectivity index (χ0) is 47.9. The number of hydrogen-bond donors (Lipinski definition) is 6. The summed E-state index contributed by atoms with van der Waals surface area (Å²) >= 11 is 0. The molecule has 0 unspecified atom stereocenters. The Balaban J connectivity index is -0.000000953. The Labute approximate surface area is 354 Å². The molecule has 0 aliphatic heterocycles.